The van der Waals surface area contributed by atoms with Crippen molar-refractivity contribution >= 4 is 17.5 Å². The van der Waals surface area contributed by atoms with Crippen molar-refractivity contribution in [3.63, 3.8) is 0 Å². The smallest absolute Gasteiger partial charge is 0.229 e. The van der Waals surface area contributed by atoms with Crippen LogP contribution in [0.3, 0.4) is 0 Å². The highest BCUT2D eigenvalue weighted by Crippen LogP contribution is 2.46. The van der Waals surface area contributed by atoms with Gasteiger partial charge in [-0.15, -0.1) is 0 Å². The summed E-state index contributed by atoms with van der Waals surface area (Å²) in [4.78, 5) is 31.0. The number of benzene rings is 1. The summed E-state index contributed by atoms with van der Waals surface area (Å²) in [6.07, 6.45) is 5.42. The van der Waals surface area contributed by atoms with Crippen LogP contribution >= 0.6 is 0 Å². The lowest BCUT2D eigenvalue weighted by atomic mass is 9.76. The SMILES string of the molecule is Cc1ccc(F)c(N2CCN(CCN3C(=O)CC4(CCCC4)CC3=O)CC2)c1. The number of rotatable bonds is 4. The molecule has 1 saturated carbocycles. The first kappa shape index (κ1) is 19.4. The van der Waals surface area contributed by atoms with Crippen LogP contribution in [0.4, 0.5) is 10.1 Å². The van der Waals surface area contributed by atoms with E-state index in [1.165, 1.54) is 11.0 Å². The second-order valence-corrected chi connectivity index (χ2v) is 8.78. The number of halogens is 1. The lowest BCUT2D eigenvalue weighted by Crippen LogP contribution is -2.52. The minimum atomic E-state index is -0.176. The summed E-state index contributed by atoms with van der Waals surface area (Å²) >= 11 is 0. The van der Waals surface area contributed by atoms with E-state index in [0.29, 0.717) is 31.6 Å². The highest BCUT2D eigenvalue weighted by atomic mass is 19.1. The van der Waals surface area contributed by atoms with E-state index in [4.69, 9.17) is 0 Å². The normalized spacial score (nSPS) is 23.1. The number of hydrogen-bond acceptors (Lipinski definition) is 4. The number of nitrogens with zero attached hydrogens (tertiary/aromatic N) is 3. The molecule has 2 aliphatic heterocycles. The Morgan fingerprint density at radius 1 is 0.964 bits per heavy atom. The Morgan fingerprint density at radius 2 is 1.61 bits per heavy atom. The molecular formula is C22H30FN3O2. The summed E-state index contributed by atoms with van der Waals surface area (Å²) in [5.74, 6) is -0.151. The third kappa shape index (κ3) is 3.93. The standard InChI is InChI=1S/C22H30FN3O2/c1-17-4-5-18(23)19(14-17)25-11-8-24(9-12-25)10-13-26-20(27)15-22(16-21(26)28)6-2-3-7-22/h4-5,14H,2-3,6-13,15-16H2,1H3. The molecule has 0 N–H and O–H groups in total. The van der Waals surface area contributed by atoms with Crippen LogP contribution in [-0.4, -0.2) is 60.9 Å². The number of hydrogen-bond donors (Lipinski definition) is 0. The minimum Gasteiger partial charge on any atom is -0.367 e. The molecule has 5 nitrogen and oxygen atoms in total. The molecule has 3 fully saturated rings. The third-order valence-electron chi connectivity index (χ3n) is 6.77. The Kier molecular flexibility index (Phi) is 5.41. The van der Waals surface area contributed by atoms with Gasteiger partial charge < -0.3 is 4.90 Å². The molecule has 152 valence electrons. The zero-order chi connectivity index (χ0) is 19.7. The molecule has 3 aliphatic rings. The molecule has 2 saturated heterocycles. The summed E-state index contributed by atoms with van der Waals surface area (Å²) in [6.45, 7) is 6.29. The van der Waals surface area contributed by atoms with Crippen LogP contribution in [-0.2, 0) is 9.59 Å². The molecule has 0 unspecified atom stereocenters. The largest absolute Gasteiger partial charge is 0.367 e. The van der Waals surface area contributed by atoms with Crippen molar-refractivity contribution in [2.24, 2.45) is 5.41 Å². The number of carbonyl (C=O) groups is 2. The fourth-order valence-corrected chi connectivity index (χ4v) is 5.08. The van der Waals surface area contributed by atoms with Crippen molar-refractivity contribution < 1.29 is 14.0 Å². The van der Waals surface area contributed by atoms with Crippen molar-refractivity contribution in [3.05, 3.63) is 29.6 Å². The second kappa shape index (κ2) is 7.82. The number of carbonyl (C=O) groups excluding carboxylic acids is 2. The molecule has 0 bridgehead atoms. The Bertz CT molecular complexity index is 732. The van der Waals surface area contributed by atoms with Crippen molar-refractivity contribution in [2.75, 3.05) is 44.2 Å². The van der Waals surface area contributed by atoms with Crippen LogP contribution in [0.15, 0.2) is 18.2 Å². The van der Waals surface area contributed by atoms with Gasteiger partial charge in [0, 0.05) is 52.1 Å². The predicted molar refractivity (Wildman–Crippen MR) is 107 cm³/mol. The average molecular weight is 387 g/mol. The maximum absolute atomic E-state index is 14.1. The van der Waals surface area contributed by atoms with E-state index in [-0.39, 0.29) is 23.0 Å². The van der Waals surface area contributed by atoms with E-state index in [1.807, 2.05) is 13.0 Å². The zero-order valence-electron chi connectivity index (χ0n) is 16.8. The van der Waals surface area contributed by atoms with Crippen molar-refractivity contribution in [1.29, 1.82) is 0 Å². The molecule has 2 heterocycles. The van der Waals surface area contributed by atoms with Gasteiger partial charge in [0.2, 0.25) is 11.8 Å². The molecule has 0 atom stereocenters. The van der Waals surface area contributed by atoms with Gasteiger partial charge in [-0.25, -0.2) is 4.39 Å². The van der Waals surface area contributed by atoms with Gasteiger partial charge >= 0.3 is 0 Å². The molecule has 1 spiro atoms. The van der Waals surface area contributed by atoms with Crippen molar-refractivity contribution in [2.45, 2.75) is 45.4 Å². The van der Waals surface area contributed by atoms with Gasteiger partial charge in [-0.05, 0) is 42.9 Å². The topological polar surface area (TPSA) is 43.9 Å². The highest BCUT2D eigenvalue weighted by Gasteiger charge is 2.44. The summed E-state index contributed by atoms with van der Waals surface area (Å²) in [7, 11) is 0. The number of piperidine rings is 1. The van der Waals surface area contributed by atoms with Crippen LogP contribution < -0.4 is 4.90 Å². The van der Waals surface area contributed by atoms with Crippen LogP contribution in [0.5, 0.6) is 0 Å². The molecule has 6 heteroatoms. The molecule has 1 aromatic carbocycles. The monoisotopic (exact) mass is 387 g/mol. The molecule has 1 aliphatic carbocycles. The zero-order valence-corrected chi connectivity index (χ0v) is 16.8. The maximum Gasteiger partial charge on any atom is 0.229 e. The van der Waals surface area contributed by atoms with Crippen LogP contribution in [0.1, 0.15) is 44.1 Å². The molecule has 2 amide bonds. The van der Waals surface area contributed by atoms with Gasteiger partial charge in [0.15, 0.2) is 0 Å². The lowest BCUT2D eigenvalue weighted by Gasteiger charge is -2.39. The summed E-state index contributed by atoms with van der Waals surface area (Å²) < 4.78 is 14.1. The first-order valence-electron chi connectivity index (χ1n) is 10.5. The first-order chi connectivity index (χ1) is 13.5. The van der Waals surface area contributed by atoms with Crippen molar-refractivity contribution in [3.8, 4) is 0 Å². The lowest BCUT2D eigenvalue weighted by molar-refractivity contribution is -0.153. The van der Waals surface area contributed by atoms with Gasteiger partial charge in [-0.3, -0.25) is 19.4 Å². The van der Waals surface area contributed by atoms with Crippen LogP contribution in [0.2, 0.25) is 0 Å². The van der Waals surface area contributed by atoms with Crippen LogP contribution in [0, 0.1) is 18.2 Å². The van der Waals surface area contributed by atoms with Crippen LogP contribution in [0.25, 0.3) is 0 Å². The minimum absolute atomic E-state index is 0.0126. The number of imide groups is 1. The highest BCUT2D eigenvalue weighted by molar-refractivity contribution is 5.98. The number of aryl methyl sites for hydroxylation is 1. The van der Waals surface area contributed by atoms with Gasteiger partial charge in [0.05, 0.1) is 5.69 Å². The molecule has 28 heavy (non-hydrogen) atoms. The number of anilines is 1. The Morgan fingerprint density at radius 3 is 2.25 bits per heavy atom. The van der Waals surface area contributed by atoms with Gasteiger partial charge in [0.25, 0.3) is 0 Å². The number of piperazine rings is 1. The quantitative estimate of drug-likeness (QED) is 0.745. The van der Waals surface area contributed by atoms with E-state index < -0.39 is 0 Å². The van der Waals surface area contributed by atoms with Crippen molar-refractivity contribution in [1.82, 2.24) is 9.80 Å². The molecule has 4 rings (SSSR count). The first-order valence-corrected chi connectivity index (χ1v) is 10.5. The van der Waals surface area contributed by atoms with Gasteiger partial charge in [-0.2, -0.15) is 0 Å². The summed E-state index contributed by atoms with van der Waals surface area (Å²) in [5.41, 5.74) is 1.69. The fourth-order valence-electron chi connectivity index (χ4n) is 5.08. The van der Waals surface area contributed by atoms with E-state index >= 15 is 0 Å². The third-order valence-corrected chi connectivity index (χ3v) is 6.77. The Balaban J connectivity index is 1.28. The molecule has 0 aromatic heterocycles. The van der Waals surface area contributed by atoms with E-state index in [9.17, 15) is 14.0 Å². The fraction of sp³-hybridized carbons (Fsp3) is 0.636. The number of likely N-dealkylation sites (tertiary alicyclic amines) is 1. The average Bonchev–Trinajstić information content (AvgIpc) is 3.11. The van der Waals surface area contributed by atoms with Gasteiger partial charge in [0.1, 0.15) is 5.82 Å². The summed E-state index contributed by atoms with van der Waals surface area (Å²) in [6, 6.07) is 5.22. The molecule has 0 radical (unpaired) electrons. The molecular weight excluding hydrogens is 357 g/mol. The summed E-state index contributed by atoms with van der Waals surface area (Å²) in [5, 5.41) is 0. The van der Waals surface area contributed by atoms with E-state index in [0.717, 1.165) is 57.4 Å². The van der Waals surface area contributed by atoms with E-state index in [2.05, 4.69) is 9.80 Å². The van der Waals surface area contributed by atoms with E-state index in [1.54, 1.807) is 6.07 Å². The molecule has 1 aromatic rings. The Hall–Kier alpha value is -1.95. The predicted octanol–water partition coefficient (Wildman–Crippen LogP) is 2.97. The second-order valence-electron chi connectivity index (χ2n) is 8.78. The Labute approximate surface area is 166 Å². The number of amides is 2. The van der Waals surface area contributed by atoms with Gasteiger partial charge in [-0.1, -0.05) is 18.9 Å². The maximum atomic E-state index is 14.1.